The summed E-state index contributed by atoms with van der Waals surface area (Å²) in [7, 11) is 0. The Hall–Kier alpha value is -4.05. The van der Waals surface area contributed by atoms with Crippen LogP contribution in [0.15, 0.2) is 70.2 Å². The third-order valence-electron chi connectivity index (χ3n) is 4.79. The van der Waals surface area contributed by atoms with E-state index in [1.807, 2.05) is 48.5 Å². The predicted octanol–water partition coefficient (Wildman–Crippen LogP) is 5.14. The predicted molar refractivity (Wildman–Crippen MR) is 123 cm³/mol. The molecule has 10 heteroatoms. The molecular weight excluding hydrogens is 478 g/mol. The summed E-state index contributed by atoms with van der Waals surface area (Å²) in [6.45, 7) is 0.0225. The molecule has 1 aliphatic heterocycles. The summed E-state index contributed by atoms with van der Waals surface area (Å²) in [5.41, 5.74) is 5.30. The molecular formula is C22H14BrN5O4. The van der Waals surface area contributed by atoms with Crippen LogP contribution >= 0.6 is 15.9 Å². The molecule has 0 aliphatic carbocycles. The lowest BCUT2D eigenvalue weighted by atomic mass is 10.1. The van der Waals surface area contributed by atoms with E-state index in [2.05, 4.69) is 36.4 Å². The maximum Gasteiger partial charge on any atom is 0.282 e. The summed E-state index contributed by atoms with van der Waals surface area (Å²) in [6, 6.07) is 18.3. The van der Waals surface area contributed by atoms with Crippen molar-refractivity contribution in [1.29, 1.82) is 0 Å². The van der Waals surface area contributed by atoms with Crippen molar-refractivity contribution in [1.82, 2.24) is 9.97 Å². The number of hydrogen-bond donors (Lipinski definition) is 1. The van der Waals surface area contributed by atoms with Crippen LogP contribution in [0.4, 0.5) is 11.6 Å². The van der Waals surface area contributed by atoms with E-state index >= 15 is 0 Å². The summed E-state index contributed by atoms with van der Waals surface area (Å²) in [6.07, 6.45) is 1.33. The van der Waals surface area contributed by atoms with Gasteiger partial charge in [0.2, 0.25) is 12.7 Å². The number of rotatable bonds is 5. The molecule has 1 aliphatic rings. The van der Waals surface area contributed by atoms with Crippen molar-refractivity contribution in [2.45, 2.75) is 0 Å². The molecule has 0 spiro atoms. The Morgan fingerprint density at radius 2 is 1.84 bits per heavy atom. The topological polar surface area (TPSA) is 112 Å². The van der Waals surface area contributed by atoms with Crippen molar-refractivity contribution in [3.63, 3.8) is 0 Å². The molecule has 158 valence electrons. The first kappa shape index (κ1) is 19.9. The SMILES string of the molecule is O=[N+]([O-])c1cc2c(cc1/C=N/Nc1nc(-c3ccccc3)c3cc(Br)ccc3n1)OCO2. The maximum absolute atomic E-state index is 11.4. The number of ether oxygens (including phenoxy) is 2. The normalized spacial score (nSPS) is 12.4. The molecule has 0 saturated heterocycles. The van der Waals surface area contributed by atoms with E-state index < -0.39 is 4.92 Å². The van der Waals surface area contributed by atoms with Gasteiger partial charge in [0.05, 0.1) is 34.0 Å². The highest BCUT2D eigenvalue weighted by Gasteiger charge is 2.22. The van der Waals surface area contributed by atoms with E-state index in [0.717, 1.165) is 26.6 Å². The Kier molecular flexibility index (Phi) is 5.12. The smallest absolute Gasteiger partial charge is 0.282 e. The fourth-order valence-electron chi connectivity index (χ4n) is 3.33. The molecule has 1 N–H and O–H groups in total. The fourth-order valence-corrected chi connectivity index (χ4v) is 3.70. The van der Waals surface area contributed by atoms with Gasteiger partial charge in [0.15, 0.2) is 11.5 Å². The average Bonchev–Trinajstić information content (AvgIpc) is 3.26. The van der Waals surface area contributed by atoms with E-state index in [0.29, 0.717) is 11.5 Å². The lowest BCUT2D eigenvalue weighted by molar-refractivity contribution is -0.385. The number of anilines is 1. The Morgan fingerprint density at radius 1 is 1.06 bits per heavy atom. The molecule has 0 fully saturated rings. The van der Waals surface area contributed by atoms with Gasteiger partial charge >= 0.3 is 0 Å². The first-order valence-corrected chi connectivity index (χ1v) is 10.3. The van der Waals surface area contributed by atoms with Crippen LogP contribution in [0, 0.1) is 10.1 Å². The largest absolute Gasteiger partial charge is 0.454 e. The number of nitrogens with one attached hydrogen (secondary N) is 1. The number of nitro groups is 1. The molecule has 0 radical (unpaired) electrons. The second-order valence-electron chi connectivity index (χ2n) is 6.81. The molecule has 2 heterocycles. The summed E-state index contributed by atoms with van der Waals surface area (Å²) < 4.78 is 11.4. The zero-order valence-electron chi connectivity index (χ0n) is 16.4. The molecule has 0 atom stereocenters. The number of benzene rings is 3. The van der Waals surface area contributed by atoms with Crippen molar-refractivity contribution in [3.8, 4) is 22.8 Å². The Morgan fingerprint density at radius 3 is 2.62 bits per heavy atom. The summed E-state index contributed by atoms with van der Waals surface area (Å²) in [5, 5.41) is 16.4. The standard InChI is InChI=1S/C22H14BrN5O4/c23-15-6-7-17-16(9-15)21(13-4-2-1-3-5-13)26-22(25-17)27-24-11-14-8-19-20(32-12-31-19)10-18(14)28(29)30/h1-11H,12H2,(H,25,26,27)/b24-11+. The molecule has 5 rings (SSSR count). The van der Waals surface area contributed by atoms with Crippen molar-refractivity contribution >= 4 is 44.7 Å². The van der Waals surface area contributed by atoms with Crippen LogP contribution in [0.5, 0.6) is 11.5 Å². The van der Waals surface area contributed by atoms with Gasteiger partial charge in [-0.25, -0.2) is 15.4 Å². The molecule has 0 saturated carbocycles. The summed E-state index contributed by atoms with van der Waals surface area (Å²) in [5.74, 6) is 1.02. The lowest BCUT2D eigenvalue weighted by Gasteiger charge is -2.09. The number of nitrogens with zero attached hydrogens (tertiary/aromatic N) is 4. The average molecular weight is 492 g/mol. The third-order valence-corrected chi connectivity index (χ3v) is 5.29. The van der Waals surface area contributed by atoms with Gasteiger partial charge in [-0.2, -0.15) is 5.10 Å². The minimum atomic E-state index is -0.499. The van der Waals surface area contributed by atoms with Crippen LogP contribution < -0.4 is 14.9 Å². The Bertz CT molecular complexity index is 1380. The highest BCUT2D eigenvalue weighted by atomic mass is 79.9. The van der Waals surface area contributed by atoms with Crippen LogP contribution in [0.1, 0.15) is 5.56 Å². The number of fused-ring (bicyclic) bond motifs is 2. The third kappa shape index (κ3) is 3.83. The van der Waals surface area contributed by atoms with Gasteiger partial charge < -0.3 is 9.47 Å². The van der Waals surface area contributed by atoms with Gasteiger partial charge in [0.1, 0.15) is 0 Å². The molecule has 32 heavy (non-hydrogen) atoms. The van der Waals surface area contributed by atoms with E-state index in [1.54, 1.807) is 0 Å². The number of hydrazone groups is 1. The summed E-state index contributed by atoms with van der Waals surface area (Å²) >= 11 is 3.50. The molecule has 1 aromatic heterocycles. The highest BCUT2D eigenvalue weighted by Crippen LogP contribution is 2.37. The minimum Gasteiger partial charge on any atom is -0.454 e. The first-order chi connectivity index (χ1) is 15.6. The molecule has 0 unspecified atom stereocenters. The first-order valence-electron chi connectivity index (χ1n) is 9.48. The quantitative estimate of drug-likeness (QED) is 0.233. The van der Waals surface area contributed by atoms with Crippen LogP contribution in [0.3, 0.4) is 0 Å². The summed E-state index contributed by atoms with van der Waals surface area (Å²) in [4.78, 5) is 20.1. The number of aromatic nitrogens is 2. The van der Waals surface area contributed by atoms with Gasteiger partial charge in [-0.3, -0.25) is 10.1 Å². The maximum atomic E-state index is 11.4. The molecule has 9 nitrogen and oxygen atoms in total. The Balaban J connectivity index is 1.51. The van der Waals surface area contributed by atoms with Gasteiger partial charge in [-0.05, 0) is 24.3 Å². The molecule has 3 aromatic carbocycles. The molecule has 0 amide bonds. The van der Waals surface area contributed by atoms with Crippen molar-refractivity contribution < 1.29 is 14.4 Å². The van der Waals surface area contributed by atoms with Gasteiger partial charge in [-0.1, -0.05) is 46.3 Å². The number of nitro benzene ring substituents is 1. The van der Waals surface area contributed by atoms with Crippen LogP contribution in [0.2, 0.25) is 0 Å². The monoisotopic (exact) mass is 491 g/mol. The van der Waals surface area contributed by atoms with Crippen molar-refractivity contribution in [2.24, 2.45) is 5.10 Å². The van der Waals surface area contributed by atoms with Crippen LogP contribution in [-0.2, 0) is 0 Å². The second-order valence-corrected chi connectivity index (χ2v) is 7.73. The van der Waals surface area contributed by atoms with Crippen LogP contribution in [-0.4, -0.2) is 27.9 Å². The molecule has 4 aromatic rings. The number of halogens is 1. The molecule has 0 bridgehead atoms. The fraction of sp³-hybridized carbons (Fsp3) is 0.0455. The van der Waals surface area contributed by atoms with Gasteiger partial charge in [0, 0.05) is 15.4 Å². The van der Waals surface area contributed by atoms with Gasteiger partial charge in [0.25, 0.3) is 5.69 Å². The van der Waals surface area contributed by atoms with E-state index in [1.165, 1.54) is 18.3 Å². The zero-order valence-corrected chi connectivity index (χ0v) is 17.9. The highest BCUT2D eigenvalue weighted by molar-refractivity contribution is 9.10. The van der Waals surface area contributed by atoms with E-state index in [4.69, 9.17) is 9.47 Å². The van der Waals surface area contributed by atoms with Crippen molar-refractivity contribution in [2.75, 3.05) is 12.2 Å². The van der Waals surface area contributed by atoms with Crippen molar-refractivity contribution in [3.05, 3.63) is 80.8 Å². The van der Waals surface area contributed by atoms with Crippen LogP contribution in [0.25, 0.3) is 22.2 Å². The Labute approximate surface area is 190 Å². The lowest BCUT2D eigenvalue weighted by Crippen LogP contribution is -2.01. The van der Waals surface area contributed by atoms with E-state index in [9.17, 15) is 10.1 Å². The minimum absolute atomic E-state index is 0.0225. The van der Waals surface area contributed by atoms with E-state index in [-0.39, 0.29) is 24.0 Å². The van der Waals surface area contributed by atoms with Gasteiger partial charge in [-0.15, -0.1) is 0 Å². The zero-order chi connectivity index (χ0) is 22.1. The second kappa shape index (κ2) is 8.23. The number of hydrogen-bond acceptors (Lipinski definition) is 8.